The van der Waals surface area contributed by atoms with Gasteiger partial charge in [-0.1, -0.05) is 27.7 Å². The normalized spacial score (nSPS) is 18.9. The van der Waals surface area contributed by atoms with Crippen molar-refractivity contribution >= 4 is 23.6 Å². The molecule has 3 N–H and O–H groups in total. The number of carbonyl (C=O) groups excluding carboxylic acids is 4. The van der Waals surface area contributed by atoms with Crippen molar-refractivity contribution in [3.05, 3.63) is 0 Å². The largest absolute Gasteiger partial charge is 0.405 e. The Hall–Kier alpha value is -2.37. The second-order valence-electron chi connectivity index (χ2n) is 10.0. The van der Waals surface area contributed by atoms with Gasteiger partial charge in [0.05, 0.1) is 6.04 Å². The Morgan fingerprint density at radius 2 is 1.69 bits per heavy atom. The van der Waals surface area contributed by atoms with E-state index in [2.05, 4.69) is 16.0 Å². The van der Waals surface area contributed by atoms with Gasteiger partial charge in [-0.3, -0.25) is 24.5 Å². The van der Waals surface area contributed by atoms with Crippen molar-refractivity contribution < 1.29 is 32.3 Å². The van der Waals surface area contributed by atoms with E-state index in [1.165, 1.54) is 30.8 Å². The number of likely N-dealkylation sites (tertiary alicyclic amines) is 1. The smallest absolute Gasteiger partial charge is 0.352 e. The molecular weight excluding hydrogens is 467 g/mol. The maximum absolute atomic E-state index is 13.8. The Morgan fingerprint density at radius 3 is 2.14 bits per heavy atom. The van der Waals surface area contributed by atoms with Crippen LogP contribution in [0.5, 0.6) is 0 Å². The summed E-state index contributed by atoms with van der Waals surface area (Å²) in [6.07, 6.45) is -3.69. The molecule has 9 nitrogen and oxygen atoms in total. The first-order valence-electron chi connectivity index (χ1n) is 11.9. The molecule has 0 radical (unpaired) electrons. The molecule has 12 heteroatoms. The number of nitrogens with zero attached hydrogens (tertiary/aromatic N) is 2. The molecule has 0 aromatic carbocycles. The lowest BCUT2D eigenvalue weighted by atomic mass is 10.0. The number of alkyl halides is 3. The van der Waals surface area contributed by atoms with Crippen LogP contribution in [0.25, 0.3) is 0 Å². The average molecular weight is 508 g/mol. The number of amides is 4. The van der Waals surface area contributed by atoms with Gasteiger partial charge in [-0.25, -0.2) is 0 Å². The maximum Gasteiger partial charge on any atom is 0.405 e. The first-order valence-corrected chi connectivity index (χ1v) is 11.9. The van der Waals surface area contributed by atoms with E-state index < -0.39 is 54.6 Å². The molecule has 0 unspecified atom stereocenters. The number of rotatable bonds is 11. The van der Waals surface area contributed by atoms with Gasteiger partial charge in [0.2, 0.25) is 23.6 Å². The zero-order chi connectivity index (χ0) is 27.1. The molecule has 202 valence electrons. The Kier molecular flexibility index (Phi) is 11.5. The minimum atomic E-state index is -4.71. The van der Waals surface area contributed by atoms with Crippen LogP contribution in [0.3, 0.4) is 0 Å². The molecule has 0 aromatic heterocycles. The zero-order valence-electron chi connectivity index (χ0n) is 21.7. The summed E-state index contributed by atoms with van der Waals surface area (Å²) in [6.45, 7) is 7.90. The standard InChI is InChI=1S/C23H40F3N5O4/c1-13(2)11-16(21(34)30(6)7)29-18(23(24,25)26)12-27-20(33)17-9-8-10-31(17)22(35)19(14(3)4)28-15(5)32/h13-14,16-19,29H,8-12H2,1-7H3,(H,27,33)(H,28,32)/t16-,17-,18-,19-/m0/s1. The lowest BCUT2D eigenvalue weighted by Crippen LogP contribution is -2.59. The fraction of sp³-hybridized carbons (Fsp3) is 0.826. The fourth-order valence-electron chi connectivity index (χ4n) is 4.07. The Labute approximate surface area is 205 Å². The molecule has 1 fully saturated rings. The van der Waals surface area contributed by atoms with E-state index >= 15 is 0 Å². The maximum atomic E-state index is 13.8. The Bertz CT molecular complexity index is 758. The van der Waals surface area contributed by atoms with E-state index in [0.717, 1.165) is 0 Å². The molecule has 1 saturated heterocycles. The summed E-state index contributed by atoms with van der Waals surface area (Å²) < 4.78 is 41.4. The predicted octanol–water partition coefficient (Wildman–Crippen LogP) is 1.28. The van der Waals surface area contributed by atoms with Gasteiger partial charge in [-0.05, 0) is 31.1 Å². The van der Waals surface area contributed by atoms with Crippen LogP contribution in [0, 0.1) is 11.8 Å². The highest BCUT2D eigenvalue weighted by Crippen LogP contribution is 2.23. The van der Waals surface area contributed by atoms with Crippen molar-refractivity contribution in [3.63, 3.8) is 0 Å². The molecule has 1 aliphatic heterocycles. The van der Waals surface area contributed by atoms with Crippen LogP contribution >= 0.6 is 0 Å². The van der Waals surface area contributed by atoms with Crippen LogP contribution in [0.2, 0.25) is 0 Å². The van der Waals surface area contributed by atoms with Crippen molar-refractivity contribution in [2.24, 2.45) is 11.8 Å². The highest BCUT2D eigenvalue weighted by Gasteiger charge is 2.43. The van der Waals surface area contributed by atoms with Crippen LogP contribution in [0.4, 0.5) is 13.2 Å². The third kappa shape index (κ3) is 9.30. The monoisotopic (exact) mass is 507 g/mol. The molecule has 35 heavy (non-hydrogen) atoms. The number of nitrogens with one attached hydrogen (secondary N) is 3. The van der Waals surface area contributed by atoms with Crippen LogP contribution in [-0.2, 0) is 19.2 Å². The van der Waals surface area contributed by atoms with Gasteiger partial charge in [0, 0.05) is 34.1 Å². The van der Waals surface area contributed by atoms with Crippen molar-refractivity contribution in [1.82, 2.24) is 25.8 Å². The van der Waals surface area contributed by atoms with E-state index in [1.54, 1.807) is 27.7 Å². The molecule has 1 heterocycles. The summed E-state index contributed by atoms with van der Waals surface area (Å²) >= 11 is 0. The van der Waals surface area contributed by atoms with E-state index in [9.17, 15) is 32.3 Å². The quantitative estimate of drug-likeness (QED) is 0.390. The molecular formula is C23H40F3N5O4. The lowest BCUT2D eigenvalue weighted by molar-refractivity contribution is -0.160. The van der Waals surface area contributed by atoms with E-state index in [1.807, 2.05) is 0 Å². The molecule has 1 rings (SSSR count). The second kappa shape index (κ2) is 13.1. The lowest BCUT2D eigenvalue weighted by Gasteiger charge is -2.32. The third-order valence-electron chi connectivity index (χ3n) is 5.85. The third-order valence-corrected chi connectivity index (χ3v) is 5.85. The van der Waals surface area contributed by atoms with Crippen LogP contribution in [0.15, 0.2) is 0 Å². The SMILES string of the molecule is CC(=O)N[C@H](C(=O)N1CCC[C@H]1C(=O)NC[C@H](N[C@@H](CC(C)C)C(=O)N(C)C)C(F)(F)F)C(C)C. The summed E-state index contributed by atoms with van der Waals surface area (Å²) in [5.74, 6) is -2.27. The van der Waals surface area contributed by atoms with E-state index in [0.29, 0.717) is 12.8 Å². The van der Waals surface area contributed by atoms with Gasteiger partial charge in [0.25, 0.3) is 0 Å². The molecule has 0 aromatic rings. The second-order valence-corrected chi connectivity index (χ2v) is 10.0. The van der Waals surface area contributed by atoms with Crippen LogP contribution < -0.4 is 16.0 Å². The van der Waals surface area contributed by atoms with Gasteiger partial charge in [0.15, 0.2) is 0 Å². The summed E-state index contributed by atoms with van der Waals surface area (Å²) in [5, 5.41) is 7.29. The van der Waals surface area contributed by atoms with E-state index in [-0.39, 0.29) is 30.7 Å². The molecule has 0 aliphatic carbocycles. The van der Waals surface area contributed by atoms with E-state index in [4.69, 9.17) is 0 Å². The molecule has 1 aliphatic rings. The number of likely N-dealkylation sites (N-methyl/N-ethyl adjacent to an activating group) is 1. The number of carbonyl (C=O) groups is 4. The van der Waals surface area contributed by atoms with Gasteiger partial charge in [-0.15, -0.1) is 0 Å². The molecule has 0 bridgehead atoms. The number of halogens is 3. The summed E-state index contributed by atoms with van der Waals surface area (Å²) in [6, 6.07) is -4.98. The average Bonchev–Trinajstić information content (AvgIpc) is 3.21. The van der Waals surface area contributed by atoms with Gasteiger partial charge in [0.1, 0.15) is 18.1 Å². The zero-order valence-corrected chi connectivity index (χ0v) is 21.7. The first kappa shape index (κ1) is 30.7. The van der Waals surface area contributed by atoms with Crippen LogP contribution in [0.1, 0.15) is 53.9 Å². The number of hydrogen-bond donors (Lipinski definition) is 3. The van der Waals surface area contributed by atoms with Crippen LogP contribution in [-0.4, -0.2) is 91.0 Å². The summed E-state index contributed by atoms with van der Waals surface area (Å²) in [4.78, 5) is 52.4. The summed E-state index contributed by atoms with van der Waals surface area (Å²) in [7, 11) is 2.94. The Balaban J connectivity index is 2.96. The van der Waals surface area contributed by atoms with Gasteiger partial charge < -0.3 is 20.4 Å². The van der Waals surface area contributed by atoms with Crippen molar-refractivity contribution in [2.45, 2.75) is 84.2 Å². The minimum absolute atomic E-state index is 0.0320. The predicted molar refractivity (Wildman–Crippen MR) is 125 cm³/mol. The van der Waals surface area contributed by atoms with Gasteiger partial charge in [-0.2, -0.15) is 13.2 Å². The van der Waals surface area contributed by atoms with Crippen molar-refractivity contribution in [2.75, 3.05) is 27.2 Å². The molecule has 0 spiro atoms. The highest BCUT2D eigenvalue weighted by molar-refractivity contribution is 5.92. The topological polar surface area (TPSA) is 111 Å². The summed E-state index contributed by atoms with van der Waals surface area (Å²) in [5.41, 5.74) is 0. The Morgan fingerprint density at radius 1 is 1.09 bits per heavy atom. The number of hydrogen-bond acceptors (Lipinski definition) is 5. The van der Waals surface area contributed by atoms with Crippen molar-refractivity contribution in [1.29, 1.82) is 0 Å². The minimum Gasteiger partial charge on any atom is -0.352 e. The van der Waals surface area contributed by atoms with Crippen molar-refractivity contribution in [3.8, 4) is 0 Å². The molecule has 0 saturated carbocycles. The molecule has 4 amide bonds. The fourth-order valence-corrected chi connectivity index (χ4v) is 4.07. The first-order chi connectivity index (χ1) is 16.1. The molecule has 4 atom stereocenters. The highest BCUT2D eigenvalue weighted by atomic mass is 19.4. The van der Waals surface area contributed by atoms with Gasteiger partial charge >= 0.3 is 6.18 Å².